The Bertz CT molecular complexity index is 409. The maximum atomic E-state index is 12.1. The van der Waals surface area contributed by atoms with Gasteiger partial charge in [0.05, 0.1) is 12.6 Å². The summed E-state index contributed by atoms with van der Waals surface area (Å²) >= 11 is 0. The van der Waals surface area contributed by atoms with Crippen molar-refractivity contribution in [3.05, 3.63) is 0 Å². The van der Waals surface area contributed by atoms with E-state index < -0.39 is 6.04 Å². The SMILES string of the molecule is CC[C@@H](C[C@@H](C#N)N(C(=O)CN[C-]=O)C(C)C)C(=O)NC.[Fm]. The zero-order valence-electron chi connectivity index (χ0n) is 13.3. The molecule has 0 aliphatic heterocycles. The molecule has 2 N–H and O–H groups in total. The molecule has 130 valence electrons. The van der Waals surface area contributed by atoms with Crippen molar-refractivity contribution in [3.8, 4) is 6.07 Å². The summed E-state index contributed by atoms with van der Waals surface area (Å²) in [7, 11) is 1.54. The minimum Gasteiger partial charge on any atom is -0.522 e. The normalized spacial score (nSPS) is 12.4. The first-order valence-electron chi connectivity index (χ1n) is 6.95. The molecule has 7 nitrogen and oxygen atoms in total. The first kappa shape index (κ1) is 21.2. The van der Waals surface area contributed by atoms with Gasteiger partial charge in [0.1, 0.15) is 6.04 Å². The Morgan fingerprint density at radius 3 is 2.32 bits per heavy atom. The van der Waals surface area contributed by atoms with Crippen LogP contribution in [0.4, 0.5) is 0 Å². The Balaban J connectivity index is 0. The van der Waals surface area contributed by atoms with Gasteiger partial charge in [-0.05, 0) is 26.7 Å². The van der Waals surface area contributed by atoms with E-state index in [1.54, 1.807) is 20.9 Å². The van der Waals surface area contributed by atoms with Crippen LogP contribution in [0.15, 0.2) is 0 Å². The average Bonchev–Trinajstić information content (AvgIpc) is 2.47. The van der Waals surface area contributed by atoms with E-state index in [4.69, 9.17) is 0 Å². The molecule has 0 saturated carbocycles. The minimum atomic E-state index is -0.715. The summed E-state index contributed by atoms with van der Waals surface area (Å²) in [5, 5.41) is 14.1. The quantitative estimate of drug-likeness (QED) is 0.309. The molecule has 0 heterocycles. The van der Waals surface area contributed by atoms with Crippen LogP contribution in [-0.2, 0) is 14.4 Å². The summed E-state index contributed by atoms with van der Waals surface area (Å²) in [5.41, 5.74) is 0. The fourth-order valence-electron chi connectivity index (χ4n) is 2.19. The van der Waals surface area contributed by atoms with Crippen molar-refractivity contribution < 1.29 is 14.4 Å². The van der Waals surface area contributed by atoms with Crippen molar-refractivity contribution in [1.29, 1.82) is 5.26 Å². The Morgan fingerprint density at radius 1 is 1.36 bits per heavy atom. The molecule has 0 aromatic heterocycles. The molecule has 2 atom stereocenters. The van der Waals surface area contributed by atoms with Crippen molar-refractivity contribution in [3.63, 3.8) is 0 Å². The Hall–Kier alpha value is -3.10. The molecular formula is C14H23FmN4O3-. The van der Waals surface area contributed by atoms with E-state index >= 15 is 0 Å². The largest absolute Gasteiger partial charge is 0.522 e. The molecule has 3 amide bonds. The molecule has 22 heavy (non-hydrogen) atoms. The van der Waals surface area contributed by atoms with Gasteiger partial charge in [0, 0.05) is 19.0 Å². The summed E-state index contributed by atoms with van der Waals surface area (Å²) < 4.78 is 0. The van der Waals surface area contributed by atoms with Crippen molar-refractivity contribution in [2.45, 2.75) is 45.7 Å². The zero-order chi connectivity index (χ0) is 16.4. The van der Waals surface area contributed by atoms with E-state index in [9.17, 15) is 19.6 Å². The second-order valence-corrected chi connectivity index (χ2v) is 4.95. The Labute approximate surface area is 125 Å². The molecule has 0 rings (SSSR count). The molecule has 0 fully saturated rings. The molecule has 0 aliphatic carbocycles. The number of carbonyl (C=O) groups is 2. The van der Waals surface area contributed by atoms with Crippen molar-refractivity contribution in [2.75, 3.05) is 13.6 Å². The van der Waals surface area contributed by atoms with Crippen molar-refractivity contribution in [2.24, 2.45) is 5.92 Å². The number of nitriles is 1. The number of nitrogens with one attached hydrogen (secondary N) is 2. The molecule has 0 unspecified atom stereocenters. The van der Waals surface area contributed by atoms with Gasteiger partial charge in [-0.2, -0.15) is 11.7 Å². The monoisotopic (exact) mass is 552 g/mol. The number of rotatable bonds is 9. The molecule has 0 saturated heterocycles. The van der Waals surface area contributed by atoms with Gasteiger partial charge < -0.3 is 20.3 Å². The summed E-state index contributed by atoms with van der Waals surface area (Å²) in [5.74, 6) is -0.848. The van der Waals surface area contributed by atoms with Gasteiger partial charge in [0.15, 0.2) is 0 Å². The van der Waals surface area contributed by atoms with Gasteiger partial charge in [-0.15, -0.1) is 0 Å². The van der Waals surface area contributed by atoms with E-state index in [1.165, 1.54) is 11.3 Å². The standard InChI is InChI=1S/C14H23N4O3.Fm/c1-5-11(14(21)16-4)6-12(7-15)18(10(2)3)13(20)8-17-9-19;/h10-12H,5-6,8H2,1-4H3,(H,16,21)(H,17,19);/q-1;/t11-,12-;/m0./s1. The van der Waals surface area contributed by atoms with Crippen LogP contribution in [0.1, 0.15) is 33.6 Å². The number of hydrogen-bond acceptors (Lipinski definition) is 4. The number of carbonyl (C=O) groups excluding carboxylic acids is 3. The first-order chi connectivity index (χ1) is 9.92. The average molecular weight is 552 g/mol. The van der Waals surface area contributed by atoms with Crippen LogP contribution in [0.3, 0.4) is 0 Å². The van der Waals surface area contributed by atoms with Crippen LogP contribution in [0.2, 0.25) is 0 Å². The van der Waals surface area contributed by atoms with Crippen LogP contribution >= 0.6 is 0 Å². The molecule has 0 aromatic rings. The third-order valence-corrected chi connectivity index (χ3v) is 3.26. The van der Waals surface area contributed by atoms with Crippen LogP contribution in [0.5, 0.6) is 0 Å². The smallest absolute Gasteiger partial charge is 0.240 e. The molecule has 8 heteroatoms. The van der Waals surface area contributed by atoms with Gasteiger partial charge in [-0.25, -0.2) is 0 Å². The predicted octanol–water partition coefficient (Wildman–Crippen LogP) is -0.0653. The molecule has 0 spiro atoms. The van der Waals surface area contributed by atoms with Gasteiger partial charge in [-0.1, -0.05) is 6.92 Å². The fraction of sp³-hybridized carbons (Fsp3) is 0.714. The third-order valence-electron chi connectivity index (χ3n) is 3.26. The summed E-state index contributed by atoms with van der Waals surface area (Å²) in [4.78, 5) is 35.4. The van der Waals surface area contributed by atoms with E-state index in [1.807, 2.05) is 6.92 Å². The van der Waals surface area contributed by atoms with Crippen molar-refractivity contribution >= 4 is 18.2 Å². The number of amides is 3. The summed E-state index contributed by atoms with van der Waals surface area (Å²) in [6.07, 6.45) is 2.28. The van der Waals surface area contributed by atoms with E-state index in [-0.39, 0.29) is 36.7 Å². The number of nitrogens with zero attached hydrogens (tertiary/aromatic N) is 2. The second-order valence-electron chi connectivity index (χ2n) is 4.95. The molecule has 0 aromatic carbocycles. The van der Waals surface area contributed by atoms with Crippen molar-refractivity contribution in [1.82, 2.24) is 15.5 Å². The van der Waals surface area contributed by atoms with Crippen LogP contribution < -0.4 is 10.6 Å². The van der Waals surface area contributed by atoms with E-state index in [2.05, 4.69) is 16.7 Å². The van der Waals surface area contributed by atoms with Crippen LogP contribution in [-0.4, -0.2) is 48.8 Å². The van der Waals surface area contributed by atoms with E-state index in [0.29, 0.717) is 6.42 Å². The topological polar surface area (TPSA) is 102 Å². The van der Waals surface area contributed by atoms with Crippen LogP contribution in [0.25, 0.3) is 0 Å². The maximum absolute atomic E-state index is 12.1. The van der Waals surface area contributed by atoms with Gasteiger partial charge in [-0.3, -0.25) is 9.59 Å². The molecular weight excluding hydrogens is 529 g/mol. The van der Waals surface area contributed by atoms with Gasteiger partial charge in [0.2, 0.25) is 11.8 Å². The second kappa shape index (κ2) is 10.7. The molecule has 0 aliphatic rings. The maximum Gasteiger partial charge on any atom is 0.240 e. The predicted molar refractivity (Wildman–Crippen MR) is 77.5 cm³/mol. The summed E-state index contributed by atoms with van der Waals surface area (Å²) in [6, 6.07) is 1.16. The van der Waals surface area contributed by atoms with Gasteiger partial charge in [0.25, 0.3) is 0 Å². The third kappa shape index (κ3) is 5.90. The molecule has 0 radical (unpaired) electrons. The first-order valence-corrected chi connectivity index (χ1v) is 6.95. The Morgan fingerprint density at radius 2 is 1.95 bits per heavy atom. The zero-order valence-corrected chi connectivity index (χ0v) is 15.7. The Kier molecular flexibility index (Phi) is 10.3. The minimum absolute atomic E-state index is 0. The fourth-order valence-corrected chi connectivity index (χ4v) is 2.19. The number of hydrogen-bond donors (Lipinski definition) is 2. The summed E-state index contributed by atoms with van der Waals surface area (Å²) in [6.45, 7) is 5.22. The van der Waals surface area contributed by atoms with Gasteiger partial charge >= 0.3 is 0 Å². The van der Waals surface area contributed by atoms with Crippen LogP contribution in [0, 0.1) is 17.2 Å². The molecule has 0 bridgehead atoms. The van der Waals surface area contributed by atoms with E-state index in [0.717, 1.165) is 0 Å².